The van der Waals surface area contributed by atoms with Gasteiger partial charge >= 0.3 is 0 Å². The Bertz CT molecular complexity index is 1230. The number of hydrogen-bond donors (Lipinski definition) is 2. The van der Waals surface area contributed by atoms with Gasteiger partial charge in [0.25, 0.3) is 0 Å². The molecule has 8 heteroatoms. The van der Waals surface area contributed by atoms with Gasteiger partial charge in [-0.3, -0.25) is 9.78 Å². The Morgan fingerprint density at radius 3 is 2.79 bits per heavy atom. The zero-order valence-corrected chi connectivity index (χ0v) is 18.3. The van der Waals surface area contributed by atoms with Crippen LogP contribution in [-0.2, 0) is 9.53 Å². The Morgan fingerprint density at radius 1 is 1.18 bits per heavy atom. The van der Waals surface area contributed by atoms with Crippen molar-refractivity contribution in [1.82, 2.24) is 15.0 Å². The molecule has 1 aromatic carbocycles. The van der Waals surface area contributed by atoms with Crippen LogP contribution in [0.3, 0.4) is 0 Å². The fourth-order valence-electron chi connectivity index (χ4n) is 3.97. The number of methoxy groups -OCH3 is 1. The Hall–Kier alpha value is -3.83. The molecule has 2 heterocycles. The standard InChI is InChI=1S/C25H24N6O2/c1-33-21-10-17(11-21)19-9-20(14-27-13-19)29-25-28-7-6-23(31-25)16-4-5-22(18(8-16)12-26)30-24(32)15-2-3-15/h4-9,13-15,17,21H,2-3,10-11H2,1H3,(H,30,32)(H,28,29,31). The highest BCUT2D eigenvalue weighted by atomic mass is 16.5. The van der Waals surface area contributed by atoms with Crippen LogP contribution in [0.4, 0.5) is 17.3 Å². The van der Waals surface area contributed by atoms with Crippen molar-refractivity contribution in [3.63, 3.8) is 0 Å². The molecule has 2 aliphatic carbocycles. The summed E-state index contributed by atoms with van der Waals surface area (Å²) in [7, 11) is 1.75. The number of anilines is 3. The summed E-state index contributed by atoms with van der Waals surface area (Å²) in [6.07, 6.45) is 9.48. The number of nitrogens with zero attached hydrogens (tertiary/aromatic N) is 4. The maximum Gasteiger partial charge on any atom is 0.227 e. The van der Waals surface area contributed by atoms with Crippen molar-refractivity contribution in [2.24, 2.45) is 5.92 Å². The zero-order valence-electron chi connectivity index (χ0n) is 18.3. The average Bonchev–Trinajstić information content (AvgIpc) is 3.65. The van der Waals surface area contributed by atoms with Gasteiger partial charge in [-0.05, 0) is 61.4 Å². The molecule has 2 N–H and O–H groups in total. The van der Waals surface area contributed by atoms with Crippen molar-refractivity contribution in [3.8, 4) is 17.3 Å². The Kier molecular flexibility index (Phi) is 5.71. The molecule has 0 unspecified atom stereocenters. The number of carbonyl (C=O) groups is 1. The molecule has 2 fully saturated rings. The molecule has 8 nitrogen and oxygen atoms in total. The first-order valence-corrected chi connectivity index (χ1v) is 11.1. The summed E-state index contributed by atoms with van der Waals surface area (Å²) >= 11 is 0. The van der Waals surface area contributed by atoms with Crippen molar-refractivity contribution < 1.29 is 9.53 Å². The van der Waals surface area contributed by atoms with E-state index in [4.69, 9.17) is 4.74 Å². The molecule has 166 valence electrons. The normalized spacial score (nSPS) is 19.3. The third-order valence-electron chi connectivity index (χ3n) is 6.21. The lowest BCUT2D eigenvalue weighted by Crippen LogP contribution is -2.28. The molecule has 2 saturated carbocycles. The van der Waals surface area contributed by atoms with E-state index in [2.05, 4.69) is 37.7 Å². The summed E-state index contributed by atoms with van der Waals surface area (Å²) < 4.78 is 5.38. The SMILES string of the molecule is COC1CC(c2cncc(Nc3nccc(-c4ccc(NC(=O)C5CC5)c(C#N)c4)n3)c2)C1. The van der Waals surface area contributed by atoms with E-state index in [0.29, 0.717) is 34.9 Å². The van der Waals surface area contributed by atoms with Crippen molar-refractivity contribution in [2.75, 3.05) is 17.7 Å². The number of rotatable bonds is 7. The average molecular weight is 441 g/mol. The molecule has 1 amide bonds. The molecule has 0 saturated heterocycles. The zero-order chi connectivity index (χ0) is 22.8. The molecule has 5 rings (SSSR count). The minimum Gasteiger partial charge on any atom is -0.381 e. The van der Waals surface area contributed by atoms with E-state index in [9.17, 15) is 10.1 Å². The number of ether oxygens (including phenoxy) is 1. The number of hydrogen-bond acceptors (Lipinski definition) is 7. The molecule has 3 aromatic rings. The lowest BCUT2D eigenvalue weighted by molar-refractivity contribution is -0.117. The van der Waals surface area contributed by atoms with Gasteiger partial charge in [-0.2, -0.15) is 5.26 Å². The van der Waals surface area contributed by atoms with E-state index in [1.165, 1.54) is 5.56 Å². The minimum atomic E-state index is -0.0248. The highest BCUT2D eigenvalue weighted by molar-refractivity contribution is 5.95. The van der Waals surface area contributed by atoms with Gasteiger partial charge in [0.15, 0.2) is 0 Å². The molecular formula is C25H24N6O2. The van der Waals surface area contributed by atoms with Crippen molar-refractivity contribution in [1.29, 1.82) is 5.26 Å². The molecule has 0 spiro atoms. The molecule has 2 aliphatic rings. The van der Waals surface area contributed by atoms with Crippen LogP contribution in [0, 0.1) is 17.2 Å². The van der Waals surface area contributed by atoms with Crippen LogP contribution in [0.15, 0.2) is 48.9 Å². The van der Waals surface area contributed by atoms with E-state index in [0.717, 1.165) is 36.9 Å². The minimum absolute atomic E-state index is 0.0248. The molecule has 2 aromatic heterocycles. The second-order valence-electron chi connectivity index (χ2n) is 8.56. The van der Waals surface area contributed by atoms with Gasteiger partial charge in [-0.15, -0.1) is 0 Å². The third-order valence-corrected chi connectivity index (χ3v) is 6.21. The fourth-order valence-corrected chi connectivity index (χ4v) is 3.97. The predicted molar refractivity (Wildman–Crippen MR) is 124 cm³/mol. The van der Waals surface area contributed by atoms with E-state index in [1.807, 2.05) is 12.3 Å². The van der Waals surface area contributed by atoms with Gasteiger partial charge in [0.2, 0.25) is 11.9 Å². The quantitative estimate of drug-likeness (QED) is 0.560. The molecule has 33 heavy (non-hydrogen) atoms. The van der Waals surface area contributed by atoms with E-state index in [-0.39, 0.29) is 11.8 Å². The summed E-state index contributed by atoms with van der Waals surface area (Å²) in [5.41, 5.74) is 4.37. The lowest BCUT2D eigenvalue weighted by atomic mass is 9.78. The molecule has 0 bridgehead atoms. The number of carbonyl (C=O) groups excluding carboxylic acids is 1. The van der Waals surface area contributed by atoms with Gasteiger partial charge in [0, 0.05) is 31.0 Å². The number of nitriles is 1. The maximum absolute atomic E-state index is 12.1. The summed E-state index contributed by atoms with van der Waals surface area (Å²) in [6.45, 7) is 0. The Balaban J connectivity index is 1.32. The number of benzene rings is 1. The van der Waals surface area contributed by atoms with Crippen LogP contribution in [0.1, 0.15) is 42.7 Å². The van der Waals surface area contributed by atoms with Crippen LogP contribution in [0.5, 0.6) is 0 Å². The van der Waals surface area contributed by atoms with Gasteiger partial charge in [0.05, 0.1) is 34.9 Å². The largest absolute Gasteiger partial charge is 0.381 e. The third kappa shape index (κ3) is 4.69. The summed E-state index contributed by atoms with van der Waals surface area (Å²) in [6, 6.07) is 11.4. The number of pyridine rings is 1. The first-order valence-electron chi connectivity index (χ1n) is 11.1. The molecule has 0 radical (unpaired) electrons. The molecule has 0 aliphatic heterocycles. The Morgan fingerprint density at radius 2 is 2.03 bits per heavy atom. The van der Waals surface area contributed by atoms with Gasteiger partial charge in [-0.1, -0.05) is 6.07 Å². The van der Waals surface area contributed by atoms with E-state index >= 15 is 0 Å². The highest BCUT2D eigenvalue weighted by Crippen LogP contribution is 2.39. The number of amides is 1. The van der Waals surface area contributed by atoms with Gasteiger partial charge < -0.3 is 15.4 Å². The number of nitrogens with one attached hydrogen (secondary N) is 2. The summed E-state index contributed by atoms with van der Waals surface area (Å²) in [5, 5.41) is 15.7. The lowest BCUT2D eigenvalue weighted by Gasteiger charge is -2.34. The van der Waals surface area contributed by atoms with Crippen LogP contribution >= 0.6 is 0 Å². The van der Waals surface area contributed by atoms with E-state index < -0.39 is 0 Å². The molecule has 0 atom stereocenters. The fraction of sp³-hybridized carbons (Fsp3) is 0.320. The summed E-state index contributed by atoms with van der Waals surface area (Å²) in [5.74, 6) is 0.952. The van der Waals surface area contributed by atoms with Crippen LogP contribution in [0.2, 0.25) is 0 Å². The van der Waals surface area contributed by atoms with Gasteiger partial charge in [-0.25, -0.2) is 9.97 Å². The van der Waals surface area contributed by atoms with Crippen molar-refractivity contribution in [2.45, 2.75) is 37.7 Å². The smallest absolute Gasteiger partial charge is 0.227 e. The molecular weight excluding hydrogens is 416 g/mol. The first kappa shape index (κ1) is 21.0. The van der Waals surface area contributed by atoms with Crippen molar-refractivity contribution in [3.05, 3.63) is 60.0 Å². The van der Waals surface area contributed by atoms with Crippen LogP contribution in [-0.4, -0.2) is 34.1 Å². The van der Waals surface area contributed by atoms with E-state index in [1.54, 1.807) is 37.7 Å². The predicted octanol–water partition coefficient (Wildman–Crippen LogP) is 4.39. The van der Waals surface area contributed by atoms with Crippen LogP contribution in [0.25, 0.3) is 11.3 Å². The highest BCUT2D eigenvalue weighted by Gasteiger charge is 2.31. The van der Waals surface area contributed by atoms with Crippen molar-refractivity contribution >= 4 is 23.2 Å². The second kappa shape index (κ2) is 8.96. The second-order valence-corrected chi connectivity index (χ2v) is 8.56. The summed E-state index contributed by atoms with van der Waals surface area (Å²) in [4.78, 5) is 25.4. The van der Waals surface area contributed by atoms with Gasteiger partial charge in [0.1, 0.15) is 6.07 Å². The van der Waals surface area contributed by atoms with Crippen LogP contribution < -0.4 is 10.6 Å². The first-order chi connectivity index (χ1) is 16.1. The topological polar surface area (TPSA) is 113 Å². The Labute approximate surface area is 192 Å². The monoisotopic (exact) mass is 440 g/mol. The maximum atomic E-state index is 12.1. The number of aromatic nitrogens is 3.